The van der Waals surface area contributed by atoms with Crippen LogP contribution in [0.5, 0.6) is 0 Å². The smallest absolute Gasteiger partial charge is 0.130 e. The van der Waals surface area contributed by atoms with Gasteiger partial charge in [0.2, 0.25) is 0 Å². The predicted octanol–water partition coefficient (Wildman–Crippen LogP) is 4.66. The fraction of sp³-hybridized carbons (Fsp3) is 0.632. The van der Waals surface area contributed by atoms with Gasteiger partial charge >= 0.3 is 0 Å². The summed E-state index contributed by atoms with van der Waals surface area (Å²) in [7, 11) is 1.90. The van der Waals surface area contributed by atoms with E-state index in [-0.39, 0.29) is 0 Å². The molecule has 1 fully saturated rings. The number of hydrogen-bond acceptors (Lipinski definition) is 3. The molecule has 1 N–H and O–H groups in total. The highest BCUT2D eigenvalue weighted by molar-refractivity contribution is 6.30. The topological polar surface area (TPSA) is 32.3 Å². The molecule has 2 rings (SSSR count). The van der Waals surface area contributed by atoms with Gasteiger partial charge in [-0.3, -0.25) is 0 Å². The Balaban J connectivity index is 0.00000127. The van der Waals surface area contributed by atoms with E-state index in [1.807, 2.05) is 40.0 Å². The molecular weight excluding hydrogens is 308 g/mol. The normalized spacial score (nSPS) is 17.4. The summed E-state index contributed by atoms with van der Waals surface area (Å²) in [4.78, 5) is 14.4. The summed E-state index contributed by atoms with van der Waals surface area (Å²) in [5.41, 5.74) is 2.77. The molecule has 0 radical (unpaired) electrons. The van der Waals surface area contributed by atoms with Crippen molar-refractivity contribution in [1.82, 2.24) is 4.90 Å². The minimum Gasteiger partial charge on any atom is -0.388 e. The minimum atomic E-state index is -0.417. The van der Waals surface area contributed by atoms with Gasteiger partial charge in [-0.1, -0.05) is 25.4 Å². The van der Waals surface area contributed by atoms with Crippen LogP contribution >= 0.6 is 11.6 Å². The molecule has 0 aliphatic carbocycles. The Morgan fingerprint density at radius 3 is 2.26 bits per heavy atom. The van der Waals surface area contributed by atoms with E-state index in [1.54, 1.807) is 0 Å². The van der Waals surface area contributed by atoms with Crippen LogP contribution in [-0.2, 0) is 10.2 Å². The number of benzene rings is 1. The van der Waals surface area contributed by atoms with Gasteiger partial charge < -0.3 is 15.0 Å². The largest absolute Gasteiger partial charge is 0.388 e. The van der Waals surface area contributed by atoms with Gasteiger partial charge in [0.15, 0.2) is 0 Å². The van der Waals surface area contributed by atoms with E-state index in [0.717, 1.165) is 49.0 Å². The first kappa shape index (κ1) is 20.0. The Labute approximate surface area is 146 Å². The van der Waals surface area contributed by atoms with Crippen molar-refractivity contribution in [1.29, 1.82) is 0 Å². The fourth-order valence-electron chi connectivity index (χ4n) is 3.36. The van der Waals surface area contributed by atoms with E-state index >= 15 is 0 Å². The van der Waals surface area contributed by atoms with Crippen LogP contribution in [-0.4, -0.2) is 37.4 Å². The number of carbonyl (C=O) groups is 1. The molecule has 1 aromatic carbocycles. The average molecular weight is 339 g/mol. The Kier molecular flexibility index (Phi) is 7.56. The lowest BCUT2D eigenvalue weighted by Crippen LogP contribution is -2.46. The number of halogens is 1. The highest BCUT2D eigenvalue weighted by Crippen LogP contribution is 2.40. The summed E-state index contributed by atoms with van der Waals surface area (Å²) >= 11 is 6.24. The zero-order valence-electron chi connectivity index (χ0n) is 15.4. The lowest BCUT2D eigenvalue weighted by molar-refractivity contribution is -0.114. The van der Waals surface area contributed by atoms with Gasteiger partial charge in [0.1, 0.15) is 6.29 Å². The van der Waals surface area contributed by atoms with Crippen molar-refractivity contribution >= 4 is 23.6 Å². The van der Waals surface area contributed by atoms with Gasteiger partial charge in [0, 0.05) is 23.8 Å². The van der Waals surface area contributed by atoms with E-state index in [1.165, 1.54) is 0 Å². The van der Waals surface area contributed by atoms with Gasteiger partial charge in [-0.25, -0.2) is 0 Å². The molecule has 0 atom stereocenters. The van der Waals surface area contributed by atoms with Crippen molar-refractivity contribution in [3.8, 4) is 0 Å². The summed E-state index contributed by atoms with van der Waals surface area (Å²) in [6.07, 6.45) is 2.84. The first-order chi connectivity index (χ1) is 10.9. The molecule has 1 saturated heterocycles. The number of anilines is 1. The molecule has 1 aliphatic rings. The van der Waals surface area contributed by atoms with Crippen LogP contribution in [0.15, 0.2) is 12.1 Å². The maximum absolute atomic E-state index is 12.0. The van der Waals surface area contributed by atoms with E-state index in [2.05, 4.69) is 24.1 Å². The molecule has 4 heteroatoms. The number of piperidine rings is 1. The van der Waals surface area contributed by atoms with Gasteiger partial charge in [0.05, 0.1) is 5.41 Å². The van der Waals surface area contributed by atoms with Crippen molar-refractivity contribution < 1.29 is 4.79 Å². The first-order valence-corrected chi connectivity index (χ1v) is 9.00. The van der Waals surface area contributed by atoms with Gasteiger partial charge in [0.25, 0.3) is 0 Å². The lowest BCUT2D eigenvalue weighted by atomic mass is 9.72. The number of aryl methyl sites for hydroxylation is 1. The predicted molar refractivity (Wildman–Crippen MR) is 101 cm³/mol. The maximum Gasteiger partial charge on any atom is 0.130 e. The van der Waals surface area contributed by atoms with Crippen molar-refractivity contribution in [2.45, 2.75) is 58.9 Å². The Bertz CT molecular complexity index is 520. The van der Waals surface area contributed by atoms with Crippen molar-refractivity contribution in [3.05, 3.63) is 28.3 Å². The van der Waals surface area contributed by atoms with Crippen LogP contribution in [0.3, 0.4) is 0 Å². The van der Waals surface area contributed by atoms with E-state index in [4.69, 9.17) is 11.6 Å². The Morgan fingerprint density at radius 2 is 1.83 bits per heavy atom. The third kappa shape index (κ3) is 4.27. The number of aldehydes is 1. The van der Waals surface area contributed by atoms with Crippen LogP contribution in [0.1, 0.15) is 51.7 Å². The summed E-state index contributed by atoms with van der Waals surface area (Å²) in [5, 5.41) is 3.95. The second-order valence-electron chi connectivity index (χ2n) is 6.30. The third-order valence-corrected chi connectivity index (χ3v) is 4.95. The van der Waals surface area contributed by atoms with Crippen molar-refractivity contribution in [2.75, 3.05) is 25.5 Å². The Morgan fingerprint density at radius 1 is 1.26 bits per heavy atom. The number of rotatable bonds is 4. The Hall–Kier alpha value is -1.06. The van der Waals surface area contributed by atoms with Crippen molar-refractivity contribution in [2.24, 2.45) is 0 Å². The zero-order valence-corrected chi connectivity index (χ0v) is 16.1. The van der Waals surface area contributed by atoms with E-state index < -0.39 is 5.41 Å². The first-order valence-electron chi connectivity index (χ1n) is 8.62. The minimum absolute atomic E-state index is 0.417. The van der Waals surface area contributed by atoms with Crippen LogP contribution in [0, 0.1) is 6.92 Å². The lowest BCUT2D eigenvalue weighted by Gasteiger charge is -2.41. The number of hydrogen-bond donors (Lipinski definition) is 1. The third-order valence-electron chi connectivity index (χ3n) is 4.73. The molecule has 0 bridgehead atoms. The second kappa shape index (κ2) is 8.70. The SMILES string of the molecule is CC.CNc1c(C)cc(Cl)cc1C1(C=O)CCN(C(C)C)CC1. The van der Waals surface area contributed by atoms with Crippen LogP contribution < -0.4 is 5.32 Å². The van der Waals surface area contributed by atoms with Crippen LogP contribution in [0.25, 0.3) is 0 Å². The molecular formula is C19H31ClN2O. The molecule has 1 aromatic rings. The molecule has 0 aromatic heterocycles. The summed E-state index contributed by atoms with van der Waals surface area (Å²) in [6, 6.07) is 4.43. The molecule has 0 saturated carbocycles. The monoisotopic (exact) mass is 338 g/mol. The average Bonchev–Trinajstić information content (AvgIpc) is 2.56. The van der Waals surface area contributed by atoms with Crippen LogP contribution in [0.4, 0.5) is 5.69 Å². The summed E-state index contributed by atoms with van der Waals surface area (Å²) in [5.74, 6) is 0. The summed E-state index contributed by atoms with van der Waals surface area (Å²) < 4.78 is 0. The number of nitrogens with zero attached hydrogens (tertiary/aromatic N) is 1. The second-order valence-corrected chi connectivity index (χ2v) is 6.74. The number of carbonyl (C=O) groups excluding carboxylic acids is 1. The molecule has 0 unspecified atom stereocenters. The highest BCUT2D eigenvalue weighted by Gasteiger charge is 2.38. The van der Waals surface area contributed by atoms with Crippen molar-refractivity contribution in [3.63, 3.8) is 0 Å². The fourth-order valence-corrected chi connectivity index (χ4v) is 3.63. The van der Waals surface area contributed by atoms with Crippen LogP contribution in [0.2, 0.25) is 5.02 Å². The van der Waals surface area contributed by atoms with E-state index in [9.17, 15) is 4.79 Å². The molecule has 0 spiro atoms. The van der Waals surface area contributed by atoms with Gasteiger partial charge in [-0.2, -0.15) is 0 Å². The standard InChI is InChI=1S/C17H25ClN2O.C2H6/c1-12(2)20-7-5-17(11-21,6-8-20)15-10-14(18)9-13(3)16(15)19-4;1-2/h9-12,19H,5-8H2,1-4H3;1-2H3. The quantitative estimate of drug-likeness (QED) is 0.810. The maximum atomic E-state index is 12.0. The molecule has 1 heterocycles. The molecule has 3 nitrogen and oxygen atoms in total. The van der Waals surface area contributed by atoms with Gasteiger partial charge in [-0.15, -0.1) is 0 Å². The molecule has 23 heavy (non-hydrogen) atoms. The molecule has 130 valence electrons. The number of nitrogens with one attached hydrogen (secondary N) is 1. The highest BCUT2D eigenvalue weighted by atomic mass is 35.5. The number of likely N-dealkylation sites (tertiary alicyclic amines) is 1. The van der Waals surface area contributed by atoms with E-state index in [0.29, 0.717) is 11.1 Å². The van der Waals surface area contributed by atoms with Gasteiger partial charge in [-0.05, 0) is 70.0 Å². The molecule has 0 amide bonds. The molecule has 1 aliphatic heterocycles. The zero-order chi connectivity index (χ0) is 17.6. The summed E-state index contributed by atoms with van der Waals surface area (Å²) in [6.45, 7) is 12.3.